The molecule has 1 aliphatic heterocycles. The van der Waals surface area contributed by atoms with Gasteiger partial charge >= 0.3 is 0 Å². The molecule has 0 amide bonds. The van der Waals surface area contributed by atoms with E-state index in [1.165, 1.54) is 57.3 Å². The summed E-state index contributed by atoms with van der Waals surface area (Å²) < 4.78 is 18.5. The van der Waals surface area contributed by atoms with E-state index in [9.17, 15) is 4.39 Å². The molecule has 1 heterocycles. The van der Waals surface area contributed by atoms with Crippen molar-refractivity contribution >= 4 is 0 Å². The zero-order valence-electron chi connectivity index (χ0n) is 14.1. The Hall–Kier alpha value is -1.09. The fourth-order valence-electron chi connectivity index (χ4n) is 3.46. The molecule has 0 aliphatic carbocycles. The van der Waals surface area contributed by atoms with Gasteiger partial charge in [-0.25, -0.2) is 4.39 Å². The predicted octanol–water partition coefficient (Wildman–Crippen LogP) is 4.89. The van der Waals surface area contributed by atoms with Gasteiger partial charge in [0.25, 0.3) is 0 Å². The molecule has 2 rings (SSSR count). The Balaban J connectivity index is 1.66. The average Bonchev–Trinajstić information content (AvgIpc) is 2.55. The summed E-state index contributed by atoms with van der Waals surface area (Å²) in [4.78, 5) is 2.68. The van der Waals surface area contributed by atoms with Gasteiger partial charge in [0.15, 0.2) is 0 Å². The lowest BCUT2D eigenvalue weighted by atomic mass is 9.92. The molecular weight excluding hydrogens is 277 g/mol. The van der Waals surface area contributed by atoms with Gasteiger partial charge in [-0.3, -0.25) is 0 Å². The SMILES string of the molecule is CCCC(CC)N1CCC(CCOc2ccc(F)cc2)CC1. The minimum absolute atomic E-state index is 0.211. The van der Waals surface area contributed by atoms with Gasteiger partial charge in [-0.2, -0.15) is 0 Å². The number of ether oxygens (including phenoxy) is 1. The van der Waals surface area contributed by atoms with E-state index in [-0.39, 0.29) is 5.82 Å². The molecule has 22 heavy (non-hydrogen) atoms. The topological polar surface area (TPSA) is 12.5 Å². The van der Waals surface area contributed by atoms with Crippen LogP contribution in [0.4, 0.5) is 4.39 Å². The number of nitrogens with zero attached hydrogens (tertiary/aromatic N) is 1. The van der Waals surface area contributed by atoms with Crippen LogP contribution in [0.5, 0.6) is 5.75 Å². The molecule has 1 saturated heterocycles. The van der Waals surface area contributed by atoms with E-state index < -0.39 is 0 Å². The third-order valence-electron chi connectivity index (χ3n) is 4.87. The summed E-state index contributed by atoms with van der Waals surface area (Å²) in [6.45, 7) is 7.80. The molecule has 0 N–H and O–H groups in total. The standard InChI is InChI=1S/C19H30FNO/c1-3-5-18(4-2)21-13-10-16(11-14-21)12-15-22-19-8-6-17(20)7-9-19/h6-9,16,18H,3-5,10-15H2,1-2H3. The summed E-state index contributed by atoms with van der Waals surface area (Å²) in [5.41, 5.74) is 0. The molecule has 1 unspecified atom stereocenters. The number of hydrogen-bond donors (Lipinski definition) is 0. The second-order valence-electron chi connectivity index (χ2n) is 6.42. The average molecular weight is 307 g/mol. The fraction of sp³-hybridized carbons (Fsp3) is 0.684. The van der Waals surface area contributed by atoms with Crippen LogP contribution in [-0.4, -0.2) is 30.6 Å². The van der Waals surface area contributed by atoms with Gasteiger partial charge in [0, 0.05) is 6.04 Å². The van der Waals surface area contributed by atoms with Crippen molar-refractivity contribution in [2.24, 2.45) is 5.92 Å². The molecule has 1 aromatic carbocycles. The first kappa shape index (κ1) is 17.3. The van der Waals surface area contributed by atoms with Gasteiger partial charge in [-0.15, -0.1) is 0 Å². The van der Waals surface area contributed by atoms with Crippen LogP contribution in [0.15, 0.2) is 24.3 Å². The maximum Gasteiger partial charge on any atom is 0.123 e. The van der Waals surface area contributed by atoms with Crippen molar-refractivity contribution in [3.05, 3.63) is 30.1 Å². The van der Waals surface area contributed by atoms with Gasteiger partial charge in [0.05, 0.1) is 6.61 Å². The van der Waals surface area contributed by atoms with E-state index in [1.54, 1.807) is 12.1 Å². The van der Waals surface area contributed by atoms with Crippen molar-refractivity contribution in [3.63, 3.8) is 0 Å². The summed E-state index contributed by atoms with van der Waals surface area (Å²) in [5, 5.41) is 0. The van der Waals surface area contributed by atoms with E-state index in [1.807, 2.05) is 0 Å². The van der Waals surface area contributed by atoms with Crippen LogP contribution in [0.2, 0.25) is 0 Å². The molecule has 1 aromatic rings. The van der Waals surface area contributed by atoms with E-state index in [0.717, 1.165) is 30.7 Å². The van der Waals surface area contributed by atoms with Crippen molar-refractivity contribution in [1.29, 1.82) is 0 Å². The Morgan fingerprint density at radius 2 is 1.86 bits per heavy atom. The molecular formula is C19H30FNO. The zero-order valence-corrected chi connectivity index (χ0v) is 14.1. The van der Waals surface area contributed by atoms with Crippen LogP contribution in [0.25, 0.3) is 0 Å². The van der Waals surface area contributed by atoms with Crippen molar-refractivity contribution in [2.75, 3.05) is 19.7 Å². The minimum atomic E-state index is -0.211. The van der Waals surface area contributed by atoms with Gasteiger partial charge in [-0.1, -0.05) is 20.3 Å². The molecule has 1 atom stereocenters. The van der Waals surface area contributed by atoms with Crippen LogP contribution >= 0.6 is 0 Å². The Labute approximate surface area is 134 Å². The zero-order chi connectivity index (χ0) is 15.8. The first-order valence-corrected chi connectivity index (χ1v) is 8.85. The molecule has 0 spiro atoms. The van der Waals surface area contributed by atoms with Crippen LogP contribution < -0.4 is 4.74 Å². The lowest BCUT2D eigenvalue weighted by Crippen LogP contribution is -2.41. The largest absolute Gasteiger partial charge is 0.494 e. The number of likely N-dealkylation sites (tertiary alicyclic amines) is 1. The Kier molecular flexibility index (Phi) is 7.17. The second kappa shape index (κ2) is 9.14. The monoisotopic (exact) mass is 307 g/mol. The molecule has 3 heteroatoms. The Morgan fingerprint density at radius 3 is 2.45 bits per heavy atom. The third kappa shape index (κ3) is 5.28. The van der Waals surface area contributed by atoms with Gasteiger partial charge in [0.2, 0.25) is 0 Å². The van der Waals surface area contributed by atoms with Gasteiger partial charge in [-0.05, 0) is 75.4 Å². The summed E-state index contributed by atoms with van der Waals surface area (Å²) in [6.07, 6.45) is 7.56. The van der Waals surface area contributed by atoms with E-state index >= 15 is 0 Å². The molecule has 2 nitrogen and oxygen atoms in total. The molecule has 0 radical (unpaired) electrons. The molecule has 124 valence electrons. The molecule has 0 aromatic heterocycles. The highest BCUT2D eigenvalue weighted by Gasteiger charge is 2.23. The maximum absolute atomic E-state index is 12.8. The summed E-state index contributed by atoms with van der Waals surface area (Å²) in [7, 11) is 0. The highest BCUT2D eigenvalue weighted by atomic mass is 19.1. The first-order valence-electron chi connectivity index (χ1n) is 8.85. The number of rotatable bonds is 8. The normalized spacial score (nSPS) is 18.3. The molecule has 0 saturated carbocycles. The Bertz CT molecular complexity index is 412. The summed E-state index contributed by atoms with van der Waals surface area (Å²) in [6, 6.07) is 7.09. The van der Waals surface area contributed by atoms with E-state index in [0.29, 0.717) is 0 Å². The van der Waals surface area contributed by atoms with E-state index in [4.69, 9.17) is 4.74 Å². The van der Waals surface area contributed by atoms with Crippen molar-refractivity contribution < 1.29 is 9.13 Å². The van der Waals surface area contributed by atoms with Crippen molar-refractivity contribution in [1.82, 2.24) is 4.90 Å². The number of piperidine rings is 1. The van der Waals surface area contributed by atoms with Crippen molar-refractivity contribution in [2.45, 2.75) is 58.4 Å². The highest BCUT2D eigenvalue weighted by Crippen LogP contribution is 2.24. The summed E-state index contributed by atoms with van der Waals surface area (Å²) in [5.74, 6) is 1.33. The third-order valence-corrected chi connectivity index (χ3v) is 4.87. The molecule has 1 fully saturated rings. The first-order chi connectivity index (χ1) is 10.7. The minimum Gasteiger partial charge on any atom is -0.494 e. The molecule has 1 aliphatic rings. The fourth-order valence-corrected chi connectivity index (χ4v) is 3.46. The highest BCUT2D eigenvalue weighted by molar-refractivity contribution is 5.21. The molecule has 0 bridgehead atoms. The summed E-state index contributed by atoms with van der Waals surface area (Å²) >= 11 is 0. The second-order valence-corrected chi connectivity index (χ2v) is 6.42. The maximum atomic E-state index is 12.8. The van der Waals surface area contributed by atoms with Gasteiger partial charge in [0.1, 0.15) is 11.6 Å². The predicted molar refractivity (Wildman–Crippen MR) is 89.8 cm³/mol. The van der Waals surface area contributed by atoms with Crippen molar-refractivity contribution in [3.8, 4) is 5.75 Å². The Morgan fingerprint density at radius 1 is 1.18 bits per heavy atom. The van der Waals surface area contributed by atoms with Crippen LogP contribution in [-0.2, 0) is 0 Å². The number of halogens is 1. The lowest BCUT2D eigenvalue weighted by Gasteiger charge is -2.37. The number of hydrogen-bond acceptors (Lipinski definition) is 2. The quantitative estimate of drug-likeness (QED) is 0.678. The number of benzene rings is 1. The van der Waals surface area contributed by atoms with Crippen LogP contribution in [0.1, 0.15) is 52.4 Å². The smallest absolute Gasteiger partial charge is 0.123 e. The lowest BCUT2D eigenvalue weighted by molar-refractivity contribution is 0.113. The van der Waals surface area contributed by atoms with E-state index in [2.05, 4.69) is 18.7 Å². The van der Waals surface area contributed by atoms with Crippen LogP contribution in [0.3, 0.4) is 0 Å². The van der Waals surface area contributed by atoms with Gasteiger partial charge < -0.3 is 9.64 Å². The van der Waals surface area contributed by atoms with Crippen LogP contribution in [0, 0.1) is 11.7 Å².